The van der Waals surface area contributed by atoms with E-state index in [0.717, 1.165) is 25.7 Å². The summed E-state index contributed by atoms with van der Waals surface area (Å²) in [6.45, 7) is -0.325. The van der Waals surface area contributed by atoms with Crippen molar-refractivity contribution in [2.45, 2.75) is 88.8 Å². The van der Waals surface area contributed by atoms with Crippen LogP contribution in [0.15, 0.2) is 0 Å². The van der Waals surface area contributed by atoms with Crippen LogP contribution in [0.4, 0.5) is 0 Å². The van der Waals surface area contributed by atoms with Gasteiger partial charge in [-0.15, -0.1) is 0 Å². The SMILES string of the molecule is OCC1(O)CCCCCCCCCCCCC1O. The van der Waals surface area contributed by atoms with Crippen molar-refractivity contribution in [1.29, 1.82) is 0 Å². The summed E-state index contributed by atoms with van der Waals surface area (Å²) >= 11 is 0. The van der Waals surface area contributed by atoms with Crippen LogP contribution in [0, 0.1) is 0 Å². The molecule has 0 aromatic rings. The van der Waals surface area contributed by atoms with Crippen LogP contribution in [-0.2, 0) is 0 Å². The Bertz CT molecular complexity index is 208. The highest BCUT2D eigenvalue weighted by Gasteiger charge is 2.33. The fourth-order valence-corrected chi connectivity index (χ4v) is 2.80. The molecule has 2 unspecified atom stereocenters. The maximum Gasteiger partial charge on any atom is 0.113 e. The Labute approximate surface area is 111 Å². The molecule has 108 valence electrons. The number of aliphatic hydroxyl groups excluding tert-OH is 2. The fourth-order valence-electron chi connectivity index (χ4n) is 2.80. The Hall–Kier alpha value is -0.120. The van der Waals surface area contributed by atoms with E-state index in [4.69, 9.17) is 0 Å². The van der Waals surface area contributed by atoms with Crippen LogP contribution >= 0.6 is 0 Å². The van der Waals surface area contributed by atoms with Crippen molar-refractivity contribution in [2.75, 3.05) is 6.61 Å². The minimum atomic E-state index is -1.27. The molecule has 1 aliphatic rings. The Balaban J connectivity index is 2.43. The Morgan fingerprint density at radius 1 is 0.778 bits per heavy atom. The molecule has 3 nitrogen and oxygen atoms in total. The van der Waals surface area contributed by atoms with Crippen LogP contribution in [0.25, 0.3) is 0 Å². The number of hydrogen-bond donors (Lipinski definition) is 3. The second-order valence-corrected chi connectivity index (χ2v) is 5.85. The molecule has 1 fully saturated rings. The van der Waals surface area contributed by atoms with Crippen LogP contribution < -0.4 is 0 Å². The molecule has 0 bridgehead atoms. The summed E-state index contributed by atoms with van der Waals surface area (Å²) in [5.41, 5.74) is -1.27. The molecule has 0 spiro atoms. The average molecular weight is 258 g/mol. The minimum Gasteiger partial charge on any atom is -0.393 e. The third-order valence-corrected chi connectivity index (χ3v) is 4.23. The van der Waals surface area contributed by atoms with Crippen molar-refractivity contribution in [3.05, 3.63) is 0 Å². The van der Waals surface area contributed by atoms with Gasteiger partial charge in [-0.1, -0.05) is 64.2 Å². The largest absolute Gasteiger partial charge is 0.393 e. The van der Waals surface area contributed by atoms with E-state index >= 15 is 0 Å². The van der Waals surface area contributed by atoms with Gasteiger partial charge in [0.25, 0.3) is 0 Å². The molecule has 0 heterocycles. The maximum atomic E-state index is 10.3. The monoisotopic (exact) mass is 258 g/mol. The highest BCUT2D eigenvalue weighted by molar-refractivity contribution is 4.85. The van der Waals surface area contributed by atoms with E-state index in [1.807, 2.05) is 0 Å². The number of rotatable bonds is 1. The van der Waals surface area contributed by atoms with Gasteiger partial charge < -0.3 is 15.3 Å². The molecule has 2 atom stereocenters. The van der Waals surface area contributed by atoms with Gasteiger partial charge in [0.1, 0.15) is 5.60 Å². The lowest BCUT2D eigenvalue weighted by molar-refractivity contribution is -0.114. The van der Waals surface area contributed by atoms with Crippen LogP contribution in [0.1, 0.15) is 77.0 Å². The average Bonchev–Trinajstić information content (AvgIpc) is 2.38. The first-order valence-electron chi connectivity index (χ1n) is 7.70. The van der Waals surface area contributed by atoms with Gasteiger partial charge in [-0.3, -0.25) is 0 Å². The summed E-state index contributed by atoms with van der Waals surface area (Å²) in [5, 5.41) is 29.6. The molecule has 0 amide bonds. The van der Waals surface area contributed by atoms with Gasteiger partial charge in [0.2, 0.25) is 0 Å². The topological polar surface area (TPSA) is 60.7 Å². The molecule has 3 heteroatoms. The predicted octanol–water partition coefficient (Wildman–Crippen LogP) is 2.77. The van der Waals surface area contributed by atoms with Crippen molar-refractivity contribution >= 4 is 0 Å². The molecule has 18 heavy (non-hydrogen) atoms. The van der Waals surface area contributed by atoms with E-state index in [0.29, 0.717) is 12.8 Å². The van der Waals surface area contributed by atoms with Crippen molar-refractivity contribution in [3.8, 4) is 0 Å². The number of hydrogen-bond acceptors (Lipinski definition) is 3. The molecular formula is C15H30O3. The van der Waals surface area contributed by atoms with E-state index in [9.17, 15) is 15.3 Å². The van der Waals surface area contributed by atoms with Crippen molar-refractivity contribution in [3.63, 3.8) is 0 Å². The van der Waals surface area contributed by atoms with E-state index in [-0.39, 0.29) is 6.61 Å². The van der Waals surface area contributed by atoms with Gasteiger partial charge >= 0.3 is 0 Å². The molecule has 0 aromatic carbocycles. The van der Waals surface area contributed by atoms with Crippen molar-refractivity contribution < 1.29 is 15.3 Å². The second-order valence-electron chi connectivity index (χ2n) is 5.85. The third-order valence-electron chi connectivity index (χ3n) is 4.23. The van der Waals surface area contributed by atoms with Gasteiger partial charge in [0.15, 0.2) is 0 Å². The lowest BCUT2D eigenvalue weighted by Crippen LogP contribution is -2.45. The summed E-state index contributed by atoms with van der Waals surface area (Å²) in [6.07, 6.45) is 12.1. The van der Waals surface area contributed by atoms with Gasteiger partial charge in [-0.2, -0.15) is 0 Å². The standard InChI is InChI=1S/C15H30O3/c16-13-15(18)12-10-8-6-4-2-1-3-5-7-9-11-14(15)17/h14,16-18H,1-13H2. The first kappa shape index (κ1) is 15.9. The Kier molecular flexibility index (Phi) is 7.87. The second kappa shape index (κ2) is 8.89. The van der Waals surface area contributed by atoms with Crippen molar-refractivity contribution in [1.82, 2.24) is 0 Å². The molecular weight excluding hydrogens is 228 g/mol. The van der Waals surface area contributed by atoms with E-state index in [2.05, 4.69) is 0 Å². The third kappa shape index (κ3) is 5.68. The smallest absolute Gasteiger partial charge is 0.113 e. The van der Waals surface area contributed by atoms with Crippen LogP contribution in [0.3, 0.4) is 0 Å². The Morgan fingerprint density at radius 2 is 1.22 bits per heavy atom. The van der Waals surface area contributed by atoms with Gasteiger partial charge in [-0.25, -0.2) is 0 Å². The molecule has 0 radical (unpaired) electrons. The lowest BCUT2D eigenvalue weighted by Gasteiger charge is -2.31. The van der Waals surface area contributed by atoms with Crippen LogP contribution in [0.5, 0.6) is 0 Å². The molecule has 1 aliphatic carbocycles. The van der Waals surface area contributed by atoms with Gasteiger partial charge in [0.05, 0.1) is 12.7 Å². The maximum absolute atomic E-state index is 10.3. The highest BCUT2D eigenvalue weighted by Crippen LogP contribution is 2.24. The molecule has 0 aliphatic heterocycles. The first-order valence-corrected chi connectivity index (χ1v) is 7.70. The molecule has 1 saturated carbocycles. The van der Waals surface area contributed by atoms with Crippen LogP contribution in [0.2, 0.25) is 0 Å². The molecule has 1 rings (SSSR count). The van der Waals surface area contributed by atoms with Gasteiger partial charge in [-0.05, 0) is 12.8 Å². The molecule has 0 saturated heterocycles. The fraction of sp³-hybridized carbons (Fsp3) is 1.00. The zero-order valence-corrected chi connectivity index (χ0v) is 11.6. The summed E-state index contributed by atoms with van der Waals surface area (Å²) < 4.78 is 0. The van der Waals surface area contributed by atoms with E-state index < -0.39 is 11.7 Å². The summed E-state index contributed by atoms with van der Waals surface area (Å²) in [4.78, 5) is 0. The number of aliphatic hydroxyl groups is 3. The lowest BCUT2D eigenvalue weighted by atomic mass is 9.87. The minimum absolute atomic E-state index is 0.325. The van der Waals surface area contributed by atoms with E-state index in [1.54, 1.807) is 0 Å². The van der Waals surface area contributed by atoms with Crippen LogP contribution in [-0.4, -0.2) is 33.6 Å². The Morgan fingerprint density at radius 3 is 1.72 bits per heavy atom. The van der Waals surface area contributed by atoms with Crippen molar-refractivity contribution in [2.24, 2.45) is 0 Å². The summed E-state index contributed by atoms with van der Waals surface area (Å²) in [7, 11) is 0. The van der Waals surface area contributed by atoms with E-state index in [1.165, 1.54) is 38.5 Å². The zero-order chi connectivity index (χ0) is 13.3. The first-order chi connectivity index (χ1) is 8.69. The quantitative estimate of drug-likeness (QED) is 0.678. The molecule has 0 aromatic heterocycles. The normalized spacial score (nSPS) is 33.8. The highest BCUT2D eigenvalue weighted by atomic mass is 16.4. The summed E-state index contributed by atoms with van der Waals surface area (Å²) in [6, 6.07) is 0. The predicted molar refractivity (Wildman–Crippen MR) is 73.4 cm³/mol. The molecule has 3 N–H and O–H groups in total. The van der Waals surface area contributed by atoms with Gasteiger partial charge in [0, 0.05) is 0 Å². The zero-order valence-electron chi connectivity index (χ0n) is 11.6. The summed E-state index contributed by atoms with van der Waals surface area (Å²) in [5.74, 6) is 0.